The SMILES string of the molecule is O=C(CCC(=O)N1CCN(c2ccc([N+](=O)[O-])nc2)CC1)c1ccc(F)cc1F. The van der Waals surface area contributed by atoms with Gasteiger partial charge in [0.2, 0.25) is 5.91 Å². The number of anilines is 1. The van der Waals surface area contributed by atoms with E-state index in [-0.39, 0.29) is 30.1 Å². The highest BCUT2D eigenvalue weighted by molar-refractivity contribution is 5.98. The molecule has 1 saturated heterocycles. The summed E-state index contributed by atoms with van der Waals surface area (Å²) in [5.74, 6) is -2.71. The highest BCUT2D eigenvalue weighted by Gasteiger charge is 2.23. The van der Waals surface area contributed by atoms with E-state index in [0.29, 0.717) is 32.2 Å². The molecular weight excluding hydrogens is 386 g/mol. The molecule has 29 heavy (non-hydrogen) atoms. The van der Waals surface area contributed by atoms with Crippen LogP contribution < -0.4 is 4.90 Å². The average Bonchev–Trinajstić information content (AvgIpc) is 2.72. The van der Waals surface area contributed by atoms with E-state index >= 15 is 0 Å². The van der Waals surface area contributed by atoms with Crippen LogP contribution in [0.1, 0.15) is 23.2 Å². The zero-order valence-electron chi connectivity index (χ0n) is 15.4. The number of hydrogen-bond donors (Lipinski definition) is 0. The molecule has 0 atom stereocenters. The summed E-state index contributed by atoms with van der Waals surface area (Å²) in [7, 11) is 0. The van der Waals surface area contributed by atoms with E-state index in [1.165, 1.54) is 12.3 Å². The van der Waals surface area contributed by atoms with Gasteiger partial charge in [-0.15, -0.1) is 0 Å². The first kappa shape index (κ1) is 20.3. The van der Waals surface area contributed by atoms with Crippen molar-refractivity contribution in [1.29, 1.82) is 0 Å². The number of rotatable bonds is 6. The highest BCUT2D eigenvalue weighted by Crippen LogP contribution is 2.19. The molecule has 10 heteroatoms. The molecule has 0 spiro atoms. The van der Waals surface area contributed by atoms with Gasteiger partial charge in [0.25, 0.3) is 0 Å². The summed E-state index contributed by atoms with van der Waals surface area (Å²) in [6.07, 6.45) is 1.20. The number of carbonyl (C=O) groups is 2. The van der Waals surface area contributed by atoms with E-state index in [0.717, 1.165) is 17.8 Å². The molecule has 0 radical (unpaired) electrons. The van der Waals surface area contributed by atoms with Crippen LogP contribution in [0.4, 0.5) is 20.3 Å². The van der Waals surface area contributed by atoms with Crippen LogP contribution in [0.15, 0.2) is 36.5 Å². The Kier molecular flexibility index (Phi) is 6.10. The second kappa shape index (κ2) is 8.72. The Balaban J connectivity index is 1.49. The summed E-state index contributed by atoms with van der Waals surface area (Å²) >= 11 is 0. The Morgan fingerprint density at radius 3 is 2.38 bits per heavy atom. The summed E-state index contributed by atoms with van der Waals surface area (Å²) in [5, 5.41) is 10.7. The molecule has 152 valence electrons. The first-order valence-electron chi connectivity index (χ1n) is 8.96. The smallest absolute Gasteiger partial charge is 0.363 e. The van der Waals surface area contributed by atoms with Gasteiger partial charge in [-0.3, -0.25) is 9.59 Å². The molecule has 0 aliphatic carbocycles. The van der Waals surface area contributed by atoms with Crippen molar-refractivity contribution in [3.05, 3.63) is 63.8 Å². The molecule has 0 unspecified atom stereocenters. The molecule has 0 saturated carbocycles. The van der Waals surface area contributed by atoms with Crippen molar-refractivity contribution >= 4 is 23.2 Å². The van der Waals surface area contributed by atoms with Gasteiger partial charge in [0.05, 0.1) is 11.3 Å². The number of piperazine rings is 1. The molecule has 1 amide bonds. The Bertz CT molecular complexity index is 928. The van der Waals surface area contributed by atoms with Crippen molar-refractivity contribution < 1.29 is 23.3 Å². The largest absolute Gasteiger partial charge is 0.365 e. The van der Waals surface area contributed by atoms with Gasteiger partial charge < -0.3 is 19.9 Å². The zero-order valence-corrected chi connectivity index (χ0v) is 15.4. The summed E-state index contributed by atoms with van der Waals surface area (Å²) in [5.41, 5.74) is 0.499. The zero-order chi connectivity index (χ0) is 21.0. The second-order valence-electron chi connectivity index (χ2n) is 6.55. The van der Waals surface area contributed by atoms with E-state index in [2.05, 4.69) is 4.98 Å². The molecule has 8 nitrogen and oxygen atoms in total. The number of pyridine rings is 1. The monoisotopic (exact) mass is 404 g/mol. The number of aromatic nitrogens is 1. The third-order valence-electron chi connectivity index (χ3n) is 4.71. The number of nitrogens with zero attached hydrogens (tertiary/aromatic N) is 4. The Morgan fingerprint density at radius 1 is 1.07 bits per heavy atom. The Morgan fingerprint density at radius 2 is 1.79 bits per heavy atom. The molecule has 1 aliphatic rings. The summed E-state index contributed by atoms with van der Waals surface area (Å²) in [4.78, 5) is 41.9. The van der Waals surface area contributed by atoms with Crippen molar-refractivity contribution in [2.45, 2.75) is 12.8 Å². The van der Waals surface area contributed by atoms with Crippen LogP contribution in [0.3, 0.4) is 0 Å². The first-order chi connectivity index (χ1) is 13.8. The standard InChI is InChI=1S/C19H18F2N4O4/c20-13-1-3-15(16(21)11-13)17(26)4-6-19(27)24-9-7-23(8-10-24)14-2-5-18(22-12-14)25(28)29/h1-3,5,11-12H,4,6-10H2. The maximum atomic E-state index is 13.6. The number of hydrogen-bond acceptors (Lipinski definition) is 6. The van der Waals surface area contributed by atoms with Crippen molar-refractivity contribution in [1.82, 2.24) is 9.88 Å². The van der Waals surface area contributed by atoms with Crippen LogP contribution >= 0.6 is 0 Å². The lowest BCUT2D eigenvalue weighted by Crippen LogP contribution is -2.48. The van der Waals surface area contributed by atoms with Crippen LogP contribution in [-0.2, 0) is 4.79 Å². The average molecular weight is 404 g/mol. The summed E-state index contributed by atoms with van der Waals surface area (Å²) < 4.78 is 26.6. The molecule has 2 heterocycles. The molecule has 1 aliphatic heterocycles. The lowest BCUT2D eigenvalue weighted by molar-refractivity contribution is -0.389. The quantitative estimate of drug-likeness (QED) is 0.417. The van der Waals surface area contributed by atoms with Crippen molar-refractivity contribution in [3.8, 4) is 0 Å². The summed E-state index contributed by atoms with van der Waals surface area (Å²) in [6.45, 7) is 1.89. The number of carbonyl (C=O) groups excluding carboxylic acids is 2. The Labute approximate surface area is 164 Å². The van der Waals surface area contributed by atoms with Crippen molar-refractivity contribution in [2.24, 2.45) is 0 Å². The van der Waals surface area contributed by atoms with Gasteiger partial charge in [-0.05, 0) is 28.1 Å². The van der Waals surface area contributed by atoms with Gasteiger partial charge in [-0.2, -0.15) is 0 Å². The predicted octanol–water partition coefficient (Wildman–Crippen LogP) is 2.58. The topological polar surface area (TPSA) is 96.7 Å². The van der Waals surface area contributed by atoms with Crippen LogP contribution in [0.2, 0.25) is 0 Å². The molecule has 1 fully saturated rings. The lowest BCUT2D eigenvalue weighted by Gasteiger charge is -2.35. The minimum absolute atomic E-state index is 0.0608. The molecule has 1 aromatic carbocycles. The normalized spacial score (nSPS) is 14.0. The van der Waals surface area contributed by atoms with Crippen LogP contribution in [0, 0.1) is 21.7 Å². The van der Waals surface area contributed by atoms with Crippen LogP contribution in [-0.4, -0.2) is 52.7 Å². The number of nitro groups is 1. The van der Waals surface area contributed by atoms with Crippen LogP contribution in [0.25, 0.3) is 0 Å². The van der Waals surface area contributed by atoms with Gasteiger partial charge in [0.1, 0.15) is 11.6 Å². The van der Waals surface area contributed by atoms with Crippen LogP contribution in [0.5, 0.6) is 0 Å². The number of benzene rings is 1. The van der Waals surface area contributed by atoms with Gasteiger partial charge in [-0.25, -0.2) is 8.78 Å². The van der Waals surface area contributed by atoms with E-state index in [1.54, 1.807) is 11.0 Å². The third-order valence-corrected chi connectivity index (χ3v) is 4.71. The predicted molar refractivity (Wildman–Crippen MR) is 99.6 cm³/mol. The number of amides is 1. The van der Waals surface area contributed by atoms with Gasteiger partial charge >= 0.3 is 5.82 Å². The summed E-state index contributed by atoms with van der Waals surface area (Å²) in [6, 6.07) is 5.66. The number of halogens is 2. The molecule has 0 bridgehead atoms. The molecule has 1 aromatic heterocycles. The third kappa shape index (κ3) is 4.89. The van der Waals surface area contributed by atoms with Gasteiger partial charge in [-0.1, -0.05) is 0 Å². The lowest BCUT2D eigenvalue weighted by atomic mass is 10.1. The van der Waals surface area contributed by atoms with Gasteiger partial charge in [0.15, 0.2) is 12.0 Å². The fourth-order valence-corrected chi connectivity index (χ4v) is 3.12. The van der Waals surface area contributed by atoms with E-state index in [9.17, 15) is 28.5 Å². The minimum atomic E-state index is -0.937. The van der Waals surface area contributed by atoms with Gasteiger partial charge in [0, 0.05) is 51.2 Å². The maximum absolute atomic E-state index is 13.6. The maximum Gasteiger partial charge on any atom is 0.363 e. The van der Waals surface area contributed by atoms with E-state index < -0.39 is 22.3 Å². The minimum Gasteiger partial charge on any atom is -0.365 e. The molecule has 2 aromatic rings. The Hall–Kier alpha value is -3.43. The molecule has 0 N–H and O–H groups in total. The molecule has 3 rings (SSSR count). The van der Waals surface area contributed by atoms with Crippen molar-refractivity contribution in [3.63, 3.8) is 0 Å². The highest BCUT2D eigenvalue weighted by atomic mass is 19.1. The molecular formula is C19H18F2N4O4. The van der Waals surface area contributed by atoms with E-state index in [1.807, 2.05) is 4.90 Å². The fraction of sp³-hybridized carbons (Fsp3) is 0.316. The fourth-order valence-electron chi connectivity index (χ4n) is 3.12. The number of Topliss-reactive ketones (excluding diaryl/α,β-unsaturated/α-hetero) is 1. The second-order valence-corrected chi connectivity index (χ2v) is 6.55. The van der Waals surface area contributed by atoms with Crippen molar-refractivity contribution in [2.75, 3.05) is 31.1 Å². The number of ketones is 1. The van der Waals surface area contributed by atoms with E-state index in [4.69, 9.17) is 0 Å². The first-order valence-corrected chi connectivity index (χ1v) is 8.96.